The highest BCUT2D eigenvalue weighted by Crippen LogP contribution is 2.18. The van der Waals surface area contributed by atoms with E-state index in [0.717, 1.165) is 5.56 Å². The van der Waals surface area contributed by atoms with Crippen LogP contribution in [-0.2, 0) is 27.1 Å². The lowest BCUT2D eigenvalue weighted by atomic mass is 10.2. The molecule has 0 saturated carbocycles. The second-order valence-corrected chi connectivity index (χ2v) is 6.42. The van der Waals surface area contributed by atoms with Gasteiger partial charge in [0.1, 0.15) is 0 Å². The molecule has 0 fully saturated rings. The maximum Gasteiger partial charge on any atom is 0.236 e. The van der Waals surface area contributed by atoms with E-state index in [0.29, 0.717) is 23.5 Å². The van der Waals surface area contributed by atoms with Crippen molar-refractivity contribution in [2.75, 3.05) is 17.6 Å². The number of benzene rings is 2. The molecule has 5 nitrogen and oxygen atoms in total. The Kier molecular flexibility index (Phi) is 4.82. The van der Waals surface area contributed by atoms with Crippen molar-refractivity contribution in [3.05, 3.63) is 59.7 Å². The summed E-state index contributed by atoms with van der Waals surface area (Å²) < 4.78 is 32.0. The fraction of sp³-hybridized carbons (Fsp3) is 0.200. The lowest BCUT2D eigenvalue weighted by molar-refractivity contribution is 0.185. The average Bonchev–Trinajstić information content (AvgIpc) is 2.41. The van der Waals surface area contributed by atoms with Gasteiger partial charge in [-0.25, -0.2) is 8.42 Å². The van der Waals surface area contributed by atoms with Crippen LogP contribution < -0.4 is 10.5 Å². The van der Waals surface area contributed by atoms with Gasteiger partial charge in [0.15, 0.2) is 0 Å². The summed E-state index contributed by atoms with van der Waals surface area (Å²) in [6.45, 7) is 0.432. The molecular weight excluding hydrogens is 288 g/mol. The Balaban J connectivity index is 2.14. The molecule has 0 heterocycles. The molecule has 2 aromatic rings. The molecule has 0 radical (unpaired) electrons. The molecule has 0 aliphatic rings. The van der Waals surface area contributed by atoms with E-state index in [-0.39, 0.29) is 5.75 Å². The number of nitrogens with one attached hydrogen (secondary N) is 1. The number of para-hydroxylation sites is 1. The quantitative estimate of drug-likeness (QED) is 0.803. The van der Waals surface area contributed by atoms with E-state index in [1.807, 2.05) is 6.07 Å². The van der Waals surface area contributed by atoms with E-state index in [1.54, 1.807) is 49.6 Å². The van der Waals surface area contributed by atoms with Crippen LogP contribution in [0, 0.1) is 0 Å². The highest BCUT2D eigenvalue weighted by Gasteiger charge is 2.13. The molecule has 0 spiro atoms. The molecule has 0 unspecified atom stereocenters. The van der Waals surface area contributed by atoms with E-state index in [2.05, 4.69) is 4.72 Å². The van der Waals surface area contributed by atoms with Gasteiger partial charge in [0.25, 0.3) is 0 Å². The summed E-state index contributed by atoms with van der Waals surface area (Å²) in [7, 11) is -1.92. The molecule has 0 aliphatic carbocycles. The Hall–Kier alpha value is -2.05. The number of rotatable bonds is 6. The predicted octanol–water partition coefficient (Wildman–Crippen LogP) is 2.36. The zero-order valence-corrected chi connectivity index (χ0v) is 12.6. The lowest BCUT2D eigenvalue weighted by Crippen LogP contribution is -2.16. The van der Waals surface area contributed by atoms with Gasteiger partial charge in [-0.15, -0.1) is 0 Å². The smallest absolute Gasteiger partial charge is 0.236 e. The van der Waals surface area contributed by atoms with E-state index >= 15 is 0 Å². The van der Waals surface area contributed by atoms with E-state index < -0.39 is 10.0 Å². The first-order valence-electron chi connectivity index (χ1n) is 6.42. The van der Waals surface area contributed by atoms with Gasteiger partial charge in [-0.1, -0.05) is 30.3 Å². The Morgan fingerprint density at radius 1 is 1.14 bits per heavy atom. The largest absolute Gasteiger partial charge is 0.398 e. The fourth-order valence-electron chi connectivity index (χ4n) is 1.98. The number of anilines is 2. The van der Waals surface area contributed by atoms with Crippen LogP contribution in [0.3, 0.4) is 0 Å². The number of nitrogens with two attached hydrogens (primary N) is 1. The number of hydrogen-bond acceptors (Lipinski definition) is 4. The zero-order chi connectivity index (χ0) is 15.3. The molecule has 6 heteroatoms. The van der Waals surface area contributed by atoms with Crippen molar-refractivity contribution < 1.29 is 13.2 Å². The van der Waals surface area contributed by atoms with Crippen molar-refractivity contribution in [2.24, 2.45) is 0 Å². The van der Waals surface area contributed by atoms with Crippen molar-refractivity contribution in [1.29, 1.82) is 0 Å². The van der Waals surface area contributed by atoms with Gasteiger partial charge in [-0.2, -0.15) is 0 Å². The van der Waals surface area contributed by atoms with Gasteiger partial charge >= 0.3 is 0 Å². The molecular formula is C15H18N2O3S. The van der Waals surface area contributed by atoms with E-state index in [4.69, 9.17) is 10.5 Å². The highest BCUT2D eigenvalue weighted by atomic mass is 32.2. The van der Waals surface area contributed by atoms with Crippen LogP contribution in [-0.4, -0.2) is 15.5 Å². The highest BCUT2D eigenvalue weighted by molar-refractivity contribution is 7.91. The van der Waals surface area contributed by atoms with Gasteiger partial charge in [0.05, 0.1) is 12.4 Å². The number of ether oxygens (including phenoxy) is 1. The van der Waals surface area contributed by atoms with Gasteiger partial charge in [-0.05, 0) is 29.3 Å². The summed E-state index contributed by atoms with van der Waals surface area (Å²) in [5.74, 6) is -0.159. The minimum Gasteiger partial charge on any atom is -0.398 e. The van der Waals surface area contributed by atoms with Gasteiger partial charge in [0.2, 0.25) is 10.0 Å². The molecule has 112 valence electrons. The summed E-state index contributed by atoms with van der Waals surface area (Å²) in [4.78, 5) is 0. The van der Waals surface area contributed by atoms with Crippen LogP contribution in [0.2, 0.25) is 0 Å². The maximum absolute atomic E-state index is 12.2. The van der Waals surface area contributed by atoms with Crippen molar-refractivity contribution in [3.8, 4) is 0 Å². The minimum absolute atomic E-state index is 0.159. The third-order valence-corrected chi connectivity index (χ3v) is 4.15. The average molecular weight is 306 g/mol. The van der Waals surface area contributed by atoms with E-state index in [9.17, 15) is 8.42 Å². The molecule has 2 aromatic carbocycles. The molecule has 0 aliphatic heterocycles. The molecule has 2 rings (SSSR count). The first kappa shape index (κ1) is 15.3. The SMILES string of the molecule is COCc1cccc(NS(=O)(=O)Cc2ccccc2N)c1. The molecule has 0 saturated heterocycles. The maximum atomic E-state index is 12.2. The van der Waals surface area contributed by atoms with Crippen molar-refractivity contribution in [3.63, 3.8) is 0 Å². The zero-order valence-electron chi connectivity index (χ0n) is 11.7. The summed E-state index contributed by atoms with van der Waals surface area (Å²) in [6, 6.07) is 14.0. The van der Waals surface area contributed by atoms with Gasteiger partial charge < -0.3 is 10.5 Å². The second-order valence-electron chi connectivity index (χ2n) is 4.69. The van der Waals surface area contributed by atoms with Crippen LogP contribution in [0.25, 0.3) is 0 Å². The van der Waals surface area contributed by atoms with Crippen LogP contribution >= 0.6 is 0 Å². The minimum atomic E-state index is -3.51. The first-order valence-corrected chi connectivity index (χ1v) is 8.07. The van der Waals surface area contributed by atoms with Crippen LogP contribution in [0.5, 0.6) is 0 Å². The molecule has 0 bridgehead atoms. The lowest BCUT2D eigenvalue weighted by Gasteiger charge is -2.10. The molecule has 0 aromatic heterocycles. The van der Waals surface area contributed by atoms with Gasteiger partial charge in [-0.3, -0.25) is 4.72 Å². The molecule has 0 atom stereocenters. The summed E-state index contributed by atoms with van der Waals surface area (Å²) in [5, 5.41) is 0. The number of sulfonamides is 1. The Bertz CT molecular complexity index is 714. The Labute approximate surface area is 124 Å². The monoisotopic (exact) mass is 306 g/mol. The van der Waals surface area contributed by atoms with E-state index in [1.165, 1.54) is 0 Å². The summed E-state index contributed by atoms with van der Waals surface area (Å²) >= 11 is 0. The number of nitrogen functional groups attached to an aromatic ring is 1. The topological polar surface area (TPSA) is 81.4 Å². The summed E-state index contributed by atoms with van der Waals surface area (Å²) in [5.41, 5.74) is 8.24. The van der Waals surface area contributed by atoms with Crippen molar-refractivity contribution in [1.82, 2.24) is 0 Å². The molecule has 0 amide bonds. The van der Waals surface area contributed by atoms with Crippen LogP contribution in [0.1, 0.15) is 11.1 Å². The van der Waals surface area contributed by atoms with Crippen LogP contribution in [0.4, 0.5) is 11.4 Å². The van der Waals surface area contributed by atoms with Crippen LogP contribution in [0.15, 0.2) is 48.5 Å². The number of hydrogen-bond donors (Lipinski definition) is 2. The fourth-order valence-corrected chi connectivity index (χ4v) is 3.21. The second kappa shape index (κ2) is 6.60. The predicted molar refractivity (Wildman–Crippen MR) is 84.3 cm³/mol. The van der Waals surface area contributed by atoms with Crippen molar-refractivity contribution in [2.45, 2.75) is 12.4 Å². The standard InChI is InChI=1S/C15H18N2O3S/c1-20-10-12-5-4-7-14(9-12)17-21(18,19)11-13-6-2-3-8-15(13)16/h2-9,17H,10-11,16H2,1H3. The Morgan fingerprint density at radius 2 is 1.90 bits per heavy atom. The Morgan fingerprint density at radius 3 is 2.62 bits per heavy atom. The normalized spacial score (nSPS) is 11.3. The third kappa shape index (κ3) is 4.47. The molecule has 3 N–H and O–H groups in total. The third-order valence-electron chi connectivity index (χ3n) is 2.91. The number of methoxy groups -OCH3 is 1. The molecule has 21 heavy (non-hydrogen) atoms. The summed E-state index contributed by atoms with van der Waals surface area (Å²) in [6.07, 6.45) is 0. The van der Waals surface area contributed by atoms with Gasteiger partial charge in [0, 0.05) is 18.5 Å². The first-order chi connectivity index (χ1) is 10.00. The van der Waals surface area contributed by atoms with Crippen molar-refractivity contribution >= 4 is 21.4 Å².